The largest absolute Gasteiger partial charge is 0.385 e. The van der Waals surface area contributed by atoms with Crippen molar-refractivity contribution in [2.24, 2.45) is 5.41 Å². The number of ether oxygens (including phenoxy) is 1. The molecular formula is C12H24N2O2. The Morgan fingerprint density at radius 3 is 2.69 bits per heavy atom. The number of amides is 1. The summed E-state index contributed by atoms with van der Waals surface area (Å²) >= 11 is 0. The van der Waals surface area contributed by atoms with Crippen LogP contribution in [0, 0.1) is 5.41 Å². The van der Waals surface area contributed by atoms with Gasteiger partial charge in [-0.1, -0.05) is 6.92 Å². The van der Waals surface area contributed by atoms with Gasteiger partial charge in [0.1, 0.15) is 0 Å². The van der Waals surface area contributed by atoms with Gasteiger partial charge in [0.05, 0.1) is 0 Å². The Bertz CT molecular complexity index is 225. The minimum absolute atomic E-state index is 0.188. The van der Waals surface area contributed by atoms with Gasteiger partial charge in [-0.3, -0.25) is 4.79 Å². The first-order valence-electron chi connectivity index (χ1n) is 6.09. The number of hydrogen-bond donors (Lipinski definition) is 2. The summed E-state index contributed by atoms with van der Waals surface area (Å²) in [7, 11) is 1.68. The van der Waals surface area contributed by atoms with E-state index < -0.39 is 0 Å². The predicted octanol–water partition coefficient (Wildman–Crippen LogP) is 0.917. The number of rotatable bonds is 5. The van der Waals surface area contributed by atoms with Crippen molar-refractivity contribution < 1.29 is 9.53 Å². The van der Waals surface area contributed by atoms with E-state index in [1.807, 2.05) is 6.92 Å². The molecule has 1 rings (SSSR count). The van der Waals surface area contributed by atoms with Crippen molar-refractivity contribution in [3.63, 3.8) is 0 Å². The van der Waals surface area contributed by atoms with Crippen LogP contribution < -0.4 is 10.6 Å². The summed E-state index contributed by atoms with van der Waals surface area (Å²) in [4.78, 5) is 12.1. The number of hydrogen-bond acceptors (Lipinski definition) is 3. The average Bonchev–Trinajstić information content (AvgIpc) is 2.27. The molecule has 1 saturated heterocycles. The van der Waals surface area contributed by atoms with Crippen molar-refractivity contribution in [3.8, 4) is 0 Å². The molecule has 1 atom stereocenters. The first-order valence-corrected chi connectivity index (χ1v) is 6.09. The molecule has 4 heteroatoms. The van der Waals surface area contributed by atoms with Crippen LogP contribution >= 0.6 is 0 Å². The number of methoxy groups -OCH3 is 1. The third kappa shape index (κ3) is 3.76. The van der Waals surface area contributed by atoms with Crippen LogP contribution in [0.4, 0.5) is 0 Å². The molecule has 0 bridgehead atoms. The highest BCUT2D eigenvalue weighted by atomic mass is 16.5. The number of nitrogens with one attached hydrogen (secondary N) is 2. The monoisotopic (exact) mass is 228 g/mol. The molecule has 0 radical (unpaired) electrons. The van der Waals surface area contributed by atoms with Crippen LogP contribution in [0.3, 0.4) is 0 Å². The van der Waals surface area contributed by atoms with E-state index in [0.29, 0.717) is 6.61 Å². The maximum absolute atomic E-state index is 12.1. The minimum atomic E-state index is -0.188. The molecule has 1 aliphatic rings. The molecule has 1 unspecified atom stereocenters. The van der Waals surface area contributed by atoms with E-state index in [1.54, 1.807) is 7.11 Å². The third-order valence-electron chi connectivity index (χ3n) is 3.39. The van der Waals surface area contributed by atoms with Gasteiger partial charge in [0, 0.05) is 25.2 Å². The zero-order chi connectivity index (χ0) is 12.0. The lowest BCUT2D eigenvalue weighted by Crippen LogP contribution is -2.48. The lowest BCUT2D eigenvalue weighted by Gasteiger charge is -2.33. The summed E-state index contributed by atoms with van der Waals surface area (Å²) in [6, 6.07) is 0.194. The van der Waals surface area contributed by atoms with Gasteiger partial charge >= 0.3 is 0 Å². The van der Waals surface area contributed by atoms with Gasteiger partial charge in [-0.2, -0.15) is 0 Å². The number of carbonyl (C=O) groups excluding carboxylic acids is 1. The molecule has 0 aromatic rings. The number of piperidine rings is 1. The highest BCUT2D eigenvalue weighted by Crippen LogP contribution is 2.28. The third-order valence-corrected chi connectivity index (χ3v) is 3.39. The molecule has 1 amide bonds. The first-order chi connectivity index (χ1) is 7.58. The fourth-order valence-electron chi connectivity index (χ4n) is 1.97. The Hall–Kier alpha value is -0.610. The molecule has 1 aliphatic heterocycles. The molecule has 0 saturated carbocycles. The standard InChI is InChI=1S/C12H24N2O2/c1-10(4-9-16-3)14-11(15)12(2)5-7-13-8-6-12/h10,13H,4-9H2,1-3H3,(H,14,15). The smallest absolute Gasteiger partial charge is 0.226 e. The van der Waals surface area contributed by atoms with Gasteiger partial charge in [0.25, 0.3) is 0 Å². The SMILES string of the molecule is COCCC(C)NC(=O)C1(C)CCNCC1. The van der Waals surface area contributed by atoms with E-state index in [-0.39, 0.29) is 17.4 Å². The summed E-state index contributed by atoms with van der Waals surface area (Å²) in [6.45, 7) is 6.67. The summed E-state index contributed by atoms with van der Waals surface area (Å²) in [5.74, 6) is 0.192. The molecule has 0 spiro atoms. The fourth-order valence-corrected chi connectivity index (χ4v) is 1.97. The van der Waals surface area contributed by atoms with Crippen molar-refractivity contribution in [1.82, 2.24) is 10.6 Å². The van der Waals surface area contributed by atoms with Crippen LogP contribution in [0.15, 0.2) is 0 Å². The topological polar surface area (TPSA) is 50.4 Å². The molecule has 94 valence electrons. The quantitative estimate of drug-likeness (QED) is 0.735. The summed E-state index contributed by atoms with van der Waals surface area (Å²) < 4.78 is 5.00. The van der Waals surface area contributed by atoms with E-state index in [4.69, 9.17) is 4.74 Å². The maximum Gasteiger partial charge on any atom is 0.226 e. The van der Waals surface area contributed by atoms with Crippen LogP contribution in [0.5, 0.6) is 0 Å². The van der Waals surface area contributed by atoms with Crippen molar-refractivity contribution in [3.05, 3.63) is 0 Å². The van der Waals surface area contributed by atoms with Gasteiger partial charge in [0.2, 0.25) is 5.91 Å². The minimum Gasteiger partial charge on any atom is -0.385 e. The van der Waals surface area contributed by atoms with E-state index in [0.717, 1.165) is 32.4 Å². The Morgan fingerprint density at radius 1 is 1.50 bits per heavy atom. The molecule has 1 heterocycles. The van der Waals surface area contributed by atoms with Crippen molar-refractivity contribution in [2.45, 2.75) is 39.2 Å². The predicted molar refractivity (Wildman–Crippen MR) is 64.3 cm³/mol. The normalized spacial score (nSPS) is 21.4. The van der Waals surface area contributed by atoms with Crippen LogP contribution in [0.1, 0.15) is 33.1 Å². The Kier molecular flexibility index (Phi) is 5.22. The van der Waals surface area contributed by atoms with E-state index in [2.05, 4.69) is 17.6 Å². The molecular weight excluding hydrogens is 204 g/mol. The molecule has 0 aliphatic carbocycles. The Morgan fingerprint density at radius 2 is 2.12 bits per heavy atom. The second kappa shape index (κ2) is 6.21. The maximum atomic E-state index is 12.1. The van der Waals surface area contributed by atoms with Crippen molar-refractivity contribution >= 4 is 5.91 Å². The van der Waals surface area contributed by atoms with Crippen LogP contribution in [0.2, 0.25) is 0 Å². The van der Waals surface area contributed by atoms with Crippen molar-refractivity contribution in [1.29, 1.82) is 0 Å². The second-order valence-electron chi connectivity index (χ2n) is 4.97. The summed E-state index contributed by atoms with van der Waals surface area (Å²) in [6.07, 6.45) is 2.72. The molecule has 0 aromatic carbocycles. The molecule has 4 nitrogen and oxygen atoms in total. The van der Waals surface area contributed by atoms with Gasteiger partial charge in [-0.25, -0.2) is 0 Å². The summed E-state index contributed by atoms with van der Waals surface area (Å²) in [5.41, 5.74) is -0.188. The first kappa shape index (κ1) is 13.5. The highest BCUT2D eigenvalue weighted by Gasteiger charge is 2.34. The van der Waals surface area contributed by atoms with Gasteiger partial charge in [-0.15, -0.1) is 0 Å². The van der Waals surface area contributed by atoms with Crippen LogP contribution in [-0.2, 0) is 9.53 Å². The Labute approximate surface area is 98.1 Å². The van der Waals surface area contributed by atoms with Crippen LogP contribution in [-0.4, -0.2) is 38.8 Å². The molecule has 16 heavy (non-hydrogen) atoms. The fraction of sp³-hybridized carbons (Fsp3) is 0.917. The lowest BCUT2D eigenvalue weighted by atomic mass is 9.80. The zero-order valence-electron chi connectivity index (χ0n) is 10.6. The number of carbonyl (C=O) groups is 1. The molecule has 1 fully saturated rings. The van der Waals surface area contributed by atoms with Crippen molar-refractivity contribution in [2.75, 3.05) is 26.8 Å². The van der Waals surface area contributed by atoms with E-state index in [9.17, 15) is 4.79 Å². The van der Waals surface area contributed by atoms with E-state index >= 15 is 0 Å². The second-order valence-corrected chi connectivity index (χ2v) is 4.97. The Balaban J connectivity index is 2.38. The lowest BCUT2D eigenvalue weighted by molar-refractivity contribution is -0.132. The highest BCUT2D eigenvalue weighted by molar-refractivity contribution is 5.82. The van der Waals surface area contributed by atoms with Gasteiger partial charge < -0.3 is 15.4 Å². The molecule has 2 N–H and O–H groups in total. The van der Waals surface area contributed by atoms with Gasteiger partial charge in [0.15, 0.2) is 0 Å². The van der Waals surface area contributed by atoms with E-state index in [1.165, 1.54) is 0 Å². The van der Waals surface area contributed by atoms with Crippen LogP contribution in [0.25, 0.3) is 0 Å². The average molecular weight is 228 g/mol. The van der Waals surface area contributed by atoms with Gasteiger partial charge in [-0.05, 0) is 39.3 Å². The molecule has 0 aromatic heterocycles. The summed E-state index contributed by atoms with van der Waals surface area (Å²) in [5, 5.41) is 6.36. The zero-order valence-corrected chi connectivity index (χ0v) is 10.6.